The molecule has 9 heteroatoms. The maximum Gasteiger partial charge on any atom is 0.257 e. The normalized spacial score (nSPS) is 17.6. The maximum atomic E-state index is 13.5. The lowest BCUT2D eigenvalue weighted by atomic mass is 10.1. The first-order valence-electron chi connectivity index (χ1n) is 12.3. The second-order valence-electron chi connectivity index (χ2n) is 9.76. The topological polar surface area (TPSA) is 76.2 Å². The molecular weight excluding hydrogens is 462 g/mol. The number of nitrogens with zero attached hydrogens (tertiary/aromatic N) is 4. The third-order valence-electron chi connectivity index (χ3n) is 6.99. The number of aryl methyl sites for hydroxylation is 1. The molecule has 0 spiro atoms. The van der Waals surface area contributed by atoms with Gasteiger partial charge in [0.2, 0.25) is 10.0 Å². The SMILES string of the molecule is Cc1cc(NC(=O)c2cc(S(=O)(=O)N(C)C)ccc2N2CCCCC2)ccc1N1CCN(C)CC1. The van der Waals surface area contributed by atoms with Gasteiger partial charge in [0.05, 0.1) is 10.5 Å². The molecule has 190 valence electrons. The van der Waals surface area contributed by atoms with Crippen LogP contribution in [-0.2, 0) is 10.0 Å². The van der Waals surface area contributed by atoms with Crippen molar-refractivity contribution in [3.63, 3.8) is 0 Å². The van der Waals surface area contributed by atoms with Gasteiger partial charge in [-0.05, 0) is 75.2 Å². The summed E-state index contributed by atoms with van der Waals surface area (Å²) in [7, 11) is 1.48. The van der Waals surface area contributed by atoms with Crippen molar-refractivity contribution in [1.82, 2.24) is 9.21 Å². The Balaban J connectivity index is 1.61. The first-order chi connectivity index (χ1) is 16.7. The third-order valence-corrected chi connectivity index (χ3v) is 8.80. The highest BCUT2D eigenvalue weighted by molar-refractivity contribution is 7.89. The number of hydrogen-bond acceptors (Lipinski definition) is 6. The number of piperidine rings is 1. The average molecular weight is 500 g/mol. The smallest absolute Gasteiger partial charge is 0.257 e. The number of nitrogens with one attached hydrogen (secondary N) is 1. The first-order valence-corrected chi connectivity index (χ1v) is 13.8. The Morgan fingerprint density at radius 2 is 1.49 bits per heavy atom. The number of hydrogen-bond donors (Lipinski definition) is 1. The molecule has 2 heterocycles. The molecule has 2 fully saturated rings. The second-order valence-corrected chi connectivity index (χ2v) is 11.9. The van der Waals surface area contributed by atoms with Crippen LogP contribution in [0.25, 0.3) is 0 Å². The minimum absolute atomic E-state index is 0.120. The van der Waals surface area contributed by atoms with Crippen molar-refractivity contribution in [3.05, 3.63) is 47.5 Å². The third kappa shape index (κ3) is 5.63. The summed E-state index contributed by atoms with van der Waals surface area (Å²) in [5, 5.41) is 3.02. The number of sulfonamides is 1. The van der Waals surface area contributed by atoms with Crippen LogP contribution in [0.4, 0.5) is 17.1 Å². The molecule has 35 heavy (non-hydrogen) atoms. The van der Waals surface area contributed by atoms with Crippen LogP contribution in [-0.4, -0.2) is 83.9 Å². The second kappa shape index (κ2) is 10.6. The molecule has 2 aromatic rings. The quantitative estimate of drug-likeness (QED) is 0.658. The Morgan fingerprint density at radius 1 is 0.857 bits per heavy atom. The van der Waals surface area contributed by atoms with Crippen LogP contribution in [0.1, 0.15) is 35.2 Å². The van der Waals surface area contributed by atoms with E-state index in [9.17, 15) is 13.2 Å². The van der Waals surface area contributed by atoms with Crippen molar-refractivity contribution >= 4 is 33.0 Å². The van der Waals surface area contributed by atoms with E-state index >= 15 is 0 Å². The molecule has 0 aliphatic carbocycles. The van der Waals surface area contributed by atoms with Gasteiger partial charge in [0.25, 0.3) is 5.91 Å². The van der Waals surface area contributed by atoms with Gasteiger partial charge in [0, 0.05) is 70.4 Å². The van der Waals surface area contributed by atoms with E-state index in [0.717, 1.165) is 63.4 Å². The van der Waals surface area contributed by atoms with Crippen LogP contribution in [0, 0.1) is 6.92 Å². The highest BCUT2D eigenvalue weighted by Crippen LogP contribution is 2.30. The number of anilines is 3. The fourth-order valence-corrected chi connectivity index (χ4v) is 5.74. The van der Waals surface area contributed by atoms with E-state index in [-0.39, 0.29) is 10.8 Å². The van der Waals surface area contributed by atoms with Crippen molar-refractivity contribution in [2.75, 3.05) is 75.5 Å². The van der Waals surface area contributed by atoms with Crippen LogP contribution in [0.5, 0.6) is 0 Å². The summed E-state index contributed by atoms with van der Waals surface area (Å²) in [6.45, 7) is 7.81. The predicted molar refractivity (Wildman–Crippen MR) is 142 cm³/mol. The summed E-state index contributed by atoms with van der Waals surface area (Å²) < 4.78 is 26.7. The monoisotopic (exact) mass is 499 g/mol. The average Bonchev–Trinajstić information content (AvgIpc) is 2.85. The maximum absolute atomic E-state index is 13.5. The molecule has 0 bridgehead atoms. The van der Waals surface area contributed by atoms with Crippen molar-refractivity contribution in [1.29, 1.82) is 0 Å². The van der Waals surface area contributed by atoms with Crippen LogP contribution in [0.15, 0.2) is 41.3 Å². The van der Waals surface area contributed by atoms with Gasteiger partial charge in [-0.2, -0.15) is 0 Å². The van der Waals surface area contributed by atoms with E-state index in [1.807, 2.05) is 12.1 Å². The standard InChI is InChI=1S/C26H37N5O3S/c1-20-18-21(8-10-24(20)31-16-14-29(4)15-17-31)27-26(32)23-19-22(35(33,34)28(2)3)9-11-25(23)30-12-6-5-7-13-30/h8-11,18-19H,5-7,12-17H2,1-4H3,(H,27,32). The number of carbonyl (C=O) groups is 1. The molecule has 2 aliphatic rings. The molecule has 4 rings (SSSR count). The zero-order chi connectivity index (χ0) is 25.2. The number of piperazine rings is 1. The largest absolute Gasteiger partial charge is 0.371 e. The minimum Gasteiger partial charge on any atom is -0.371 e. The van der Waals surface area contributed by atoms with Gasteiger partial charge in [-0.1, -0.05) is 0 Å². The molecule has 0 atom stereocenters. The lowest BCUT2D eigenvalue weighted by Gasteiger charge is -2.35. The Bertz CT molecular complexity index is 1170. The Kier molecular flexibility index (Phi) is 7.68. The Hall–Kier alpha value is -2.62. The molecule has 0 radical (unpaired) electrons. The van der Waals surface area contributed by atoms with Crippen LogP contribution >= 0.6 is 0 Å². The molecule has 1 N–H and O–H groups in total. The summed E-state index contributed by atoms with van der Waals surface area (Å²) in [5.41, 5.74) is 4.16. The van der Waals surface area contributed by atoms with E-state index in [1.54, 1.807) is 12.1 Å². The number of rotatable bonds is 6. The van der Waals surface area contributed by atoms with Gasteiger partial charge >= 0.3 is 0 Å². The molecule has 2 aliphatic heterocycles. The number of carbonyl (C=O) groups excluding carboxylic acids is 1. The van der Waals surface area contributed by atoms with Crippen molar-refractivity contribution < 1.29 is 13.2 Å². The van der Waals surface area contributed by atoms with Gasteiger partial charge < -0.3 is 20.0 Å². The minimum atomic E-state index is -3.66. The lowest BCUT2D eigenvalue weighted by molar-refractivity contribution is 0.102. The molecule has 1 amide bonds. The van der Waals surface area contributed by atoms with Crippen LogP contribution in [0.2, 0.25) is 0 Å². The summed E-state index contributed by atoms with van der Waals surface area (Å²) in [6.07, 6.45) is 3.29. The van der Waals surface area contributed by atoms with Crippen LogP contribution < -0.4 is 15.1 Å². The molecular formula is C26H37N5O3S. The van der Waals surface area contributed by atoms with E-state index in [1.165, 1.54) is 36.6 Å². The molecule has 2 saturated heterocycles. The fraction of sp³-hybridized carbons (Fsp3) is 0.500. The fourth-order valence-electron chi connectivity index (χ4n) is 4.81. The zero-order valence-corrected chi connectivity index (χ0v) is 22.1. The Labute approximate surface area is 209 Å². The molecule has 0 saturated carbocycles. The van der Waals surface area contributed by atoms with E-state index in [0.29, 0.717) is 11.3 Å². The lowest BCUT2D eigenvalue weighted by Crippen LogP contribution is -2.44. The predicted octanol–water partition coefficient (Wildman–Crippen LogP) is 3.24. The van der Waals surface area contributed by atoms with Gasteiger partial charge in [-0.15, -0.1) is 0 Å². The number of benzene rings is 2. The Morgan fingerprint density at radius 3 is 2.11 bits per heavy atom. The van der Waals surface area contributed by atoms with Crippen molar-refractivity contribution in [2.24, 2.45) is 0 Å². The van der Waals surface area contributed by atoms with E-state index < -0.39 is 10.0 Å². The molecule has 8 nitrogen and oxygen atoms in total. The summed E-state index contributed by atoms with van der Waals surface area (Å²) in [6, 6.07) is 10.9. The summed E-state index contributed by atoms with van der Waals surface area (Å²) in [4.78, 5) is 20.5. The first kappa shape index (κ1) is 25.5. The van der Waals surface area contributed by atoms with Crippen LogP contribution in [0.3, 0.4) is 0 Å². The van der Waals surface area contributed by atoms with Crippen molar-refractivity contribution in [2.45, 2.75) is 31.1 Å². The summed E-state index contributed by atoms with van der Waals surface area (Å²) in [5.74, 6) is -0.298. The van der Waals surface area contributed by atoms with Crippen molar-refractivity contribution in [3.8, 4) is 0 Å². The number of amides is 1. The number of likely N-dealkylation sites (N-methyl/N-ethyl adjacent to an activating group) is 1. The van der Waals surface area contributed by atoms with Gasteiger partial charge in [0.1, 0.15) is 0 Å². The van der Waals surface area contributed by atoms with E-state index in [2.05, 4.69) is 40.1 Å². The highest BCUT2D eigenvalue weighted by atomic mass is 32.2. The molecule has 0 aromatic heterocycles. The molecule has 2 aromatic carbocycles. The zero-order valence-electron chi connectivity index (χ0n) is 21.2. The summed E-state index contributed by atoms with van der Waals surface area (Å²) >= 11 is 0. The van der Waals surface area contributed by atoms with Gasteiger partial charge in [-0.25, -0.2) is 12.7 Å². The highest BCUT2D eigenvalue weighted by Gasteiger charge is 2.24. The van der Waals surface area contributed by atoms with Gasteiger partial charge in [0.15, 0.2) is 0 Å². The van der Waals surface area contributed by atoms with Gasteiger partial charge in [-0.3, -0.25) is 4.79 Å². The molecule has 0 unspecified atom stereocenters. The van der Waals surface area contributed by atoms with E-state index in [4.69, 9.17) is 0 Å².